The fourth-order valence-electron chi connectivity index (χ4n) is 3.72. The number of carbonyl (C=O) groups excluding carboxylic acids is 3. The van der Waals surface area contributed by atoms with Gasteiger partial charge in [0.15, 0.2) is 5.78 Å². The average Bonchev–Trinajstić information content (AvgIpc) is 3.11. The first-order valence-electron chi connectivity index (χ1n) is 12.8. The minimum Gasteiger partial charge on any atom is -0.466 e. The highest BCUT2D eigenvalue weighted by Gasteiger charge is 2.52. The lowest BCUT2D eigenvalue weighted by atomic mass is 9.77. The van der Waals surface area contributed by atoms with Gasteiger partial charge in [-0.15, -0.1) is 0 Å². The molecule has 1 N–H and O–H groups in total. The first kappa shape index (κ1) is 29.1. The van der Waals surface area contributed by atoms with Crippen LogP contribution in [-0.2, 0) is 30.2 Å². The smallest absolute Gasteiger partial charge is 0.466 e. The van der Waals surface area contributed by atoms with Gasteiger partial charge in [-0.25, -0.2) is 4.79 Å². The van der Waals surface area contributed by atoms with Crippen molar-refractivity contribution in [3.8, 4) is 0 Å². The summed E-state index contributed by atoms with van der Waals surface area (Å²) >= 11 is 0. The number of Topliss-reactive ketones (excluding diaryl/α,β-unsaturated/α-hetero) is 1. The molecule has 202 valence electrons. The Morgan fingerprint density at radius 1 is 0.895 bits per heavy atom. The van der Waals surface area contributed by atoms with E-state index in [2.05, 4.69) is 5.32 Å². The number of hydrogen-bond donors (Lipinski definition) is 1. The van der Waals surface area contributed by atoms with Crippen LogP contribution in [0.2, 0.25) is 0 Å². The predicted octanol–water partition coefficient (Wildman–Crippen LogP) is 5.15. The van der Waals surface area contributed by atoms with Gasteiger partial charge in [0.2, 0.25) is 0 Å². The van der Waals surface area contributed by atoms with Crippen LogP contribution in [0.1, 0.15) is 68.9 Å². The van der Waals surface area contributed by atoms with Crippen molar-refractivity contribution in [1.29, 1.82) is 0 Å². The first-order chi connectivity index (χ1) is 18.0. The number of carbonyl (C=O) groups is 3. The molecular weight excluding hydrogens is 485 g/mol. The van der Waals surface area contributed by atoms with Crippen LogP contribution in [0, 0.1) is 0 Å². The SMILES string of the molecule is CCOC(=O)CCC(=O)c1ccc(C=C(CNC(=O)OCc2ccccc2)B2OC(C)(C)C(C)(C)O2)cc1. The second-order valence-electron chi connectivity index (χ2n) is 10.1. The van der Waals surface area contributed by atoms with Crippen LogP contribution in [0.3, 0.4) is 0 Å². The molecule has 2 aromatic carbocycles. The number of hydrogen-bond acceptors (Lipinski definition) is 7. The highest BCUT2D eigenvalue weighted by molar-refractivity contribution is 6.56. The molecule has 1 amide bonds. The number of ketones is 1. The molecule has 1 aliphatic rings. The van der Waals surface area contributed by atoms with Crippen molar-refractivity contribution in [2.45, 2.75) is 65.3 Å². The maximum absolute atomic E-state index is 12.5. The van der Waals surface area contributed by atoms with E-state index in [1.807, 2.05) is 64.1 Å². The number of benzene rings is 2. The lowest BCUT2D eigenvalue weighted by Gasteiger charge is -2.32. The van der Waals surface area contributed by atoms with Crippen molar-refractivity contribution in [2.75, 3.05) is 13.2 Å². The Hall–Kier alpha value is -3.43. The van der Waals surface area contributed by atoms with E-state index in [-0.39, 0.29) is 37.7 Å². The van der Waals surface area contributed by atoms with Gasteiger partial charge in [-0.3, -0.25) is 9.59 Å². The van der Waals surface area contributed by atoms with Gasteiger partial charge in [0.1, 0.15) is 6.61 Å². The quantitative estimate of drug-likeness (QED) is 0.248. The standard InChI is InChI=1S/C29H36BNO7/c1-6-35-26(33)17-16-25(32)23-14-12-21(13-15-23)18-24(30-37-28(2,3)29(4,5)38-30)19-31-27(34)36-20-22-10-8-7-9-11-22/h7-15,18H,6,16-17,19-20H2,1-5H3,(H,31,34). The van der Waals surface area contributed by atoms with Crippen LogP contribution in [0.15, 0.2) is 60.1 Å². The Bertz CT molecular complexity index is 1130. The Kier molecular flexibility index (Phi) is 9.88. The summed E-state index contributed by atoms with van der Waals surface area (Å²) in [6.45, 7) is 10.2. The van der Waals surface area contributed by atoms with E-state index in [0.29, 0.717) is 17.6 Å². The molecule has 0 spiro atoms. The van der Waals surface area contributed by atoms with E-state index in [0.717, 1.165) is 11.1 Å². The van der Waals surface area contributed by atoms with Crippen molar-refractivity contribution in [2.24, 2.45) is 0 Å². The summed E-state index contributed by atoms with van der Waals surface area (Å²) in [5.41, 5.74) is 1.78. The third-order valence-electron chi connectivity index (χ3n) is 6.65. The van der Waals surface area contributed by atoms with E-state index in [1.165, 1.54) is 0 Å². The molecule has 1 saturated heterocycles. The van der Waals surface area contributed by atoms with Crippen LogP contribution < -0.4 is 5.32 Å². The molecule has 0 saturated carbocycles. The number of alkyl carbamates (subject to hydrolysis) is 1. The summed E-state index contributed by atoms with van der Waals surface area (Å²) in [4.78, 5) is 36.4. The van der Waals surface area contributed by atoms with E-state index in [1.54, 1.807) is 31.2 Å². The van der Waals surface area contributed by atoms with Gasteiger partial charge in [0.25, 0.3) is 0 Å². The number of esters is 1. The Morgan fingerprint density at radius 2 is 1.53 bits per heavy atom. The number of nitrogens with one attached hydrogen (secondary N) is 1. The van der Waals surface area contributed by atoms with E-state index in [9.17, 15) is 14.4 Å². The lowest BCUT2D eigenvalue weighted by Crippen LogP contribution is -2.41. The normalized spacial score (nSPS) is 16.1. The highest BCUT2D eigenvalue weighted by Crippen LogP contribution is 2.38. The summed E-state index contributed by atoms with van der Waals surface area (Å²) in [6, 6.07) is 16.5. The highest BCUT2D eigenvalue weighted by atomic mass is 16.7. The predicted molar refractivity (Wildman–Crippen MR) is 145 cm³/mol. The summed E-state index contributed by atoms with van der Waals surface area (Å²) in [5.74, 6) is -0.523. The van der Waals surface area contributed by atoms with Crippen molar-refractivity contribution < 1.29 is 33.2 Å². The van der Waals surface area contributed by atoms with Gasteiger partial charge in [-0.1, -0.05) is 60.7 Å². The van der Waals surface area contributed by atoms with E-state index >= 15 is 0 Å². The monoisotopic (exact) mass is 521 g/mol. The molecule has 0 bridgehead atoms. The van der Waals surface area contributed by atoms with Gasteiger partial charge in [0, 0.05) is 18.5 Å². The topological polar surface area (TPSA) is 100 Å². The summed E-state index contributed by atoms with van der Waals surface area (Å²) in [6.07, 6.45) is 1.44. The lowest BCUT2D eigenvalue weighted by molar-refractivity contribution is -0.143. The molecule has 1 aliphatic heterocycles. The second kappa shape index (κ2) is 12.9. The largest absolute Gasteiger partial charge is 0.492 e. The Labute approximate surface area is 224 Å². The zero-order valence-corrected chi connectivity index (χ0v) is 22.7. The van der Waals surface area contributed by atoms with Crippen molar-refractivity contribution >= 4 is 31.0 Å². The Balaban J connectivity index is 1.70. The molecule has 0 aromatic heterocycles. The molecule has 3 rings (SSSR count). The fourth-order valence-corrected chi connectivity index (χ4v) is 3.72. The minimum absolute atomic E-state index is 0.0481. The van der Waals surface area contributed by atoms with Crippen molar-refractivity contribution in [1.82, 2.24) is 5.32 Å². The van der Waals surface area contributed by atoms with Crippen LogP contribution in [0.4, 0.5) is 4.79 Å². The molecule has 0 radical (unpaired) electrons. The maximum atomic E-state index is 12.5. The Morgan fingerprint density at radius 3 is 2.13 bits per heavy atom. The van der Waals surface area contributed by atoms with Crippen molar-refractivity contribution in [3.63, 3.8) is 0 Å². The number of amides is 1. The van der Waals surface area contributed by atoms with Crippen LogP contribution >= 0.6 is 0 Å². The number of ether oxygens (including phenoxy) is 2. The summed E-state index contributed by atoms with van der Waals surface area (Å²) < 4.78 is 22.7. The van der Waals surface area contributed by atoms with Crippen LogP contribution in [0.5, 0.6) is 0 Å². The zero-order chi connectivity index (χ0) is 27.8. The van der Waals surface area contributed by atoms with Gasteiger partial charge in [-0.05, 0) is 51.2 Å². The summed E-state index contributed by atoms with van der Waals surface area (Å²) in [5, 5.41) is 2.78. The van der Waals surface area contributed by atoms with E-state index in [4.69, 9.17) is 18.8 Å². The van der Waals surface area contributed by atoms with Crippen molar-refractivity contribution in [3.05, 3.63) is 76.8 Å². The van der Waals surface area contributed by atoms with E-state index < -0.39 is 24.4 Å². The zero-order valence-electron chi connectivity index (χ0n) is 22.7. The minimum atomic E-state index is -0.680. The second-order valence-corrected chi connectivity index (χ2v) is 10.1. The molecule has 9 heteroatoms. The molecule has 8 nitrogen and oxygen atoms in total. The molecule has 1 fully saturated rings. The van der Waals surface area contributed by atoms with Gasteiger partial charge in [-0.2, -0.15) is 0 Å². The fraction of sp³-hybridized carbons (Fsp3) is 0.414. The van der Waals surface area contributed by atoms with Crippen LogP contribution in [-0.4, -0.2) is 49.3 Å². The first-order valence-corrected chi connectivity index (χ1v) is 12.8. The van der Waals surface area contributed by atoms with Gasteiger partial charge >= 0.3 is 19.2 Å². The van der Waals surface area contributed by atoms with Gasteiger partial charge < -0.3 is 24.1 Å². The van der Waals surface area contributed by atoms with Gasteiger partial charge in [0.05, 0.1) is 24.2 Å². The summed E-state index contributed by atoms with van der Waals surface area (Å²) in [7, 11) is -0.680. The maximum Gasteiger partial charge on any atom is 0.492 e. The molecular formula is C29H36BNO7. The van der Waals surface area contributed by atoms with Crippen LogP contribution in [0.25, 0.3) is 6.08 Å². The molecule has 1 heterocycles. The average molecular weight is 521 g/mol. The third kappa shape index (κ3) is 8.04. The molecule has 0 atom stereocenters. The molecule has 2 aromatic rings. The number of rotatable bonds is 11. The third-order valence-corrected chi connectivity index (χ3v) is 6.65. The molecule has 0 unspecified atom stereocenters. The molecule has 0 aliphatic carbocycles. The molecule has 38 heavy (non-hydrogen) atoms.